The molecule has 2 fully saturated rings. The minimum absolute atomic E-state index is 0.0174. The highest BCUT2D eigenvalue weighted by Gasteiger charge is 2.33. The molecule has 3 aromatic rings. The van der Waals surface area contributed by atoms with Crippen molar-refractivity contribution in [1.29, 1.82) is 0 Å². The molecule has 2 saturated heterocycles. The van der Waals surface area contributed by atoms with E-state index in [-0.39, 0.29) is 75.0 Å². The van der Waals surface area contributed by atoms with Crippen LogP contribution in [0.2, 0.25) is 10.0 Å². The van der Waals surface area contributed by atoms with Gasteiger partial charge in [-0.2, -0.15) is 4.98 Å². The Morgan fingerprint density at radius 3 is 2.45 bits per heavy atom. The van der Waals surface area contributed by atoms with Crippen LogP contribution in [-0.4, -0.2) is 109 Å². The first-order valence-electron chi connectivity index (χ1n) is 14.9. The highest BCUT2D eigenvalue weighted by atomic mass is 35.5. The summed E-state index contributed by atoms with van der Waals surface area (Å²) in [6, 6.07) is 2.55. The molecule has 2 N–H and O–H groups in total. The number of fused-ring (bicyclic) bond motifs is 1. The molecule has 47 heavy (non-hydrogen) atoms. The van der Waals surface area contributed by atoms with Crippen LogP contribution in [0, 0.1) is 5.92 Å². The fourth-order valence-corrected chi connectivity index (χ4v) is 6.24. The van der Waals surface area contributed by atoms with Gasteiger partial charge in [0.2, 0.25) is 17.8 Å². The maximum Gasteiger partial charge on any atom is 0.260 e. The average Bonchev–Trinajstić information content (AvgIpc) is 3.45. The number of anilines is 1. The Hall–Kier alpha value is -4.17. The van der Waals surface area contributed by atoms with Gasteiger partial charge in [-0.25, -0.2) is 4.98 Å². The summed E-state index contributed by atoms with van der Waals surface area (Å²) < 4.78 is 18.0. The van der Waals surface area contributed by atoms with Crippen molar-refractivity contribution < 1.29 is 23.8 Å². The van der Waals surface area contributed by atoms with Crippen LogP contribution in [-0.2, 0) is 20.9 Å². The van der Waals surface area contributed by atoms with E-state index in [1.165, 1.54) is 20.3 Å². The number of carbonyl (C=O) groups is 2. The largest absolute Gasteiger partial charge is 0.495 e. The second-order valence-corrected chi connectivity index (χ2v) is 12.4. The van der Waals surface area contributed by atoms with Gasteiger partial charge in [0, 0.05) is 61.4 Å². The molecule has 13 nitrogen and oxygen atoms in total. The predicted octanol–water partition coefficient (Wildman–Crippen LogP) is 2.84. The summed E-state index contributed by atoms with van der Waals surface area (Å²) in [6.45, 7) is 6.00. The maximum absolute atomic E-state index is 14.4. The number of pyridine rings is 1. The molecule has 0 radical (unpaired) electrons. The molecule has 2 aliphatic heterocycles. The van der Waals surface area contributed by atoms with E-state index in [1.54, 1.807) is 33.9 Å². The van der Waals surface area contributed by atoms with E-state index < -0.39 is 5.56 Å². The van der Waals surface area contributed by atoms with Gasteiger partial charge >= 0.3 is 0 Å². The molecule has 2 aromatic heterocycles. The molecular formula is C32H37Cl2N7O6. The molecular weight excluding hydrogens is 649 g/mol. The van der Waals surface area contributed by atoms with Gasteiger partial charge in [-0.3, -0.25) is 19.0 Å². The molecule has 2 atom stereocenters. The third kappa shape index (κ3) is 7.38. The van der Waals surface area contributed by atoms with Gasteiger partial charge in [0.25, 0.3) is 5.56 Å². The van der Waals surface area contributed by atoms with Crippen molar-refractivity contribution >= 4 is 52.0 Å². The Balaban J connectivity index is 1.53. The minimum atomic E-state index is -0.391. The van der Waals surface area contributed by atoms with Gasteiger partial charge in [0.15, 0.2) is 0 Å². The number of carbonyl (C=O) groups excluding carboxylic acids is 2. The first-order valence-corrected chi connectivity index (χ1v) is 15.7. The summed E-state index contributed by atoms with van der Waals surface area (Å²) in [4.78, 5) is 51.9. The lowest BCUT2D eigenvalue weighted by Gasteiger charge is -2.39. The molecule has 2 aliphatic rings. The Kier molecular flexibility index (Phi) is 10.7. The first kappa shape index (κ1) is 34.2. The van der Waals surface area contributed by atoms with E-state index in [4.69, 9.17) is 42.4 Å². The van der Waals surface area contributed by atoms with Crippen LogP contribution >= 0.6 is 23.2 Å². The minimum Gasteiger partial charge on any atom is -0.495 e. The van der Waals surface area contributed by atoms with Crippen molar-refractivity contribution in [2.45, 2.75) is 18.6 Å². The van der Waals surface area contributed by atoms with Crippen molar-refractivity contribution in [3.63, 3.8) is 0 Å². The average molecular weight is 687 g/mol. The van der Waals surface area contributed by atoms with Crippen molar-refractivity contribution in [2.24, 2.45) is 5.92 Å². The molecule has 4 heterocycles. The van der Waals surface area contributed by atoms with Crippen LogP contribution in [0.3, 0.4) is 0 Å². The Bertz CT molecular complexity index is 1740. The van der Waals surface area contributed by atoms with Crippen LogP contribution in [0.1, 0.15) is 0 Å². The van der Waals surface area contributed by atoms with E-state index in [0.29, 0.717) is 43.9 Å². The van der Waals surface area contributed by atoms with Gasteiger partial charge in [-0.05, 0) is 26.2 Å². The van der Waals surface area contributed by atoms with Gasteiger partial charge < -0.3 is 34.6 Å². The molecule has 0 saturated carbocycles. The van der Waals surface area contributed by atoms with Crippen LogP contribution in [0.5, 0.6) is 11.5 Å². The number of benzene rings is 1. The molecule has 1 aromatic carbocycles. The topological polar surface area (TPSA) is 140 Å². The van der Waals surface area contributed by atoms with E-state index in [2.05, 4.69) is 22.2 Å². The fourth-order valence-electron chi connectivity index (χ4n) is 5.54. The quantitative estimate of drug-likeness (QED) is 0.274. The number of ether oxygens (including phenoxy) is 3. The zero-order chi connectivity index (χ0) is 33.8. The van der Waals surface area contributed by atoms with Gasteiger partial charge in [0.05, 0.1) is 55.1 Å². The third-order valence-corrected chi connectivity index (χ3v) is 8.77. The predicted molar refractivity (Wildman–Crippen MR) is 180 cm³/mol. The lowest BCUT2D eigenvalue weighted by Crippen LogP contribution is -2.51. The Labute approximate surface area is 282 Å². The molecule has 15 heteroatoms. The van der Waals surface area contributed by atoms with Crippen molar-refractivity contribution in [1.82, 2.24) is 29.7 Å². The number of likely N-dealkylation sites (N-methyl/N-ethyl adjacent to an activating group) is 1. The molecule has 0 unspecified atom stereocenters. The summed E-state index contributed by atoms with van der Waals surface area (Å²) >= 11 is 13.5. The number of amides is 2. The van der Waals surface area contributed by atoms with E-state index >= 15 is 0 Å². The fraction of sp³-hybridized carbons (Fsp3) is 0.406. The summed E-state index contributed by atoms with van der Waals surface area (Å²) in [5.41, 5.74) is 0.453. The normalized spacial score (nSPS) is 18.1. The number of likely N-dealkylation sites (tertiary alicyclic amines) is 1. The number of nitrogens with zero attached hydrogens (tertiary/aromatic N) is 5. The molecule has 2 amide bonds. The monoisotopic (exact) mass is 685 g/mol. The van der Waals surface area contributed by atoms with Crippen LogP contribution in [0.25, 0.3) is 22.2 Å². The Morgan fingerprint density at radius 1 is 1.13 bits per heavy atom. The third-order valence-electron chi connectivity index (χ3n) is 8.02. The van der Waals surface area contributed by atoms with E-state index in [9.17, 15) is 14.4 Å². The summed E-state index contributed by atoms with van der Waals surface area (Å²) in [7, 11) is 6.78. The van der Waals surface area contributed by atoms with Crippen molar-refractivity contribution in [3.05, 3.63) is 63.5 Å². The number of hydrogen-bond donors (Lipinski definition) is 2. The van der Waals surface area contributed by atoms with Crippen LogP contribution in [0.4, 0.5) is 5.95 Å². The standard InChI is InChI=1S/C32H37Cl2N7O6/c1-6-25(42)36-21-16-47-17-22(21)37-32-35-12-19-10-20(27-28(33)23(45-4)11-24(46-5)29(27)34)31(44)41(30(19)38-32)15-18-13-40(14-18)26(43)8-7-9-39(2)3/h6-8,10-12,18,21-22H,1,9,13-17H2,2-5H3,(H,36,42)(H,35,37,38)/b8-7+/t21-,22+/m0/s1. The number of nitrogens with one attached hydrogen (secondary N) is 2. The zero-order valence-electron chi connectivity index (χ0n) is 26.6. The highest BCUT2D eigenvalue weighted by molar-refractivity contribution is 6.41. The lowest BCUT2D eigenvalue weighted by molar-refractivity contribution is -0.132. The number of aromatic nitrogens is 3. The van der Waals surface area contributed by atoms with Gasteiger partial charge in [-0.15, -0.1) is 0 Å². The molecule has 5 rings (SSSR count). The van der Waals surface area contributed by atoms with E-state index in [0.717, 1.165) is 0 Å². The maximum atomic E-state index is 14.4. The lowest BCUT2D eigenvalue weighted by atomic mass is 9.99. The van der Waals surface area contributed by atoms with Crippen molar-refractivity contribution in [2.75, 3.05) is 66.5 Å². The van der Waals surface area contributed by atoms with Crippen LogP contribution in [0.15, 0.2) is 47.9 Å². The highest BCUT2D eigenvalue weighted by Crippen LogP contribution is 2.45. The molecule has 0 bridgehead atoms. The first-order chi connectivity index (χ1) is 22.5. The number of hydrogen-bond acceptors (Lipinski definition) is 10. The Morgan fingerprint density at radius 2 is 1.81 bits per heavy atom. The second-order valence-electron chi connectivity index (χ2n) is 11.6. The summed E-state index contributed by atoms with van der Waals surface area (Å²) in [5.74, 6) is 0.412. The summed E-state index contributed by atoms with van der Waals surface area (Å²) in [5, 5.41) is 6.93. The SMILES string of the molecule is C=CC(=O)N[C@H]1COC[C@H]1Nc1ncc2cc(-c3c(Cl)c(OC)cc(OC)c3Cl)c(=O)n(CC3CN(C(=O)/C=C/CN(C)C)C3)c2n1. The summed E-state index contributed by atoms with van der Waals surface area (Å²) in [6.07, 6.45) is 6.19. The van der Waals surface area contributed by atoms with Gasteiger partial charge in [0.1, 0.15) is 17.1 Å². The second kappa shape index (κ2) is 14.7. The molecule has 0 aliphatic carbocycles. The molecule has 250 valence electrons. The number of rotatable bonds is 12. The molecule has 0 spiro atoms. The van der Waals surface area contributed by atoms with Gasteiger partial charge in [-0.1, -0.05) is 35.9 Å². The number of halogens is 2. The number of methoxy groups -OCH3 is 2. The smallest absolute Gasteiger partial charge is 0.260 e. The van der Waals surface area contributed by atoms with E-state index in [1.807, 2.05) is 25.1 Å². The van der Waals surface area contributed by atoms with Crippen molar-refractivity contribution in [3.8, 4) is 22.6 Å². The zero-order valence-corrected chi connectivity index (χ0v) is 28.1. The van der Waals surface area contributed by atoms with Crippen LogP contribution < -0.4 is 25.7 Å².